The molecule has 0 aromatic carbocycles. The highest BCUT2D eigenvalue weighted by atomic mass is 14.6. The molecule has 0 amide bonds. The molecule has 2 nitrogen and oxygen atoms in total. The van der Waals surface area contributed by atoms with Crippen LogP contribution in [-0.4, -0.2) is 5.71 Å². The van der Waals surface area contributed by atoms with Gasteiger partial charge in [0, 0.05) is 11.4 Å². The molecule has 1 saturated carbocycles. The standard InChI is InChI=1S/C12H22N2/c1-8(2)12(14)11(9(3)13)10-6-4-5-7-10/h8,10,14H,4-7,13H2,1-3H3. The lowest BCUT2D eigenvalue weighted by atomic mass is 9.87. The molecule has 2 heteroatoms. The Morgan fingerprint density at radius 3 is 2.14 bits per heavy atom. The zero-order chi connectivity index (χ0) is 10.7. The average Bonchev–Trinajstić information content (AvgIpc) is 2.56. The number of nitrogens with one attached hydrogen (secondary N) is 1. The van der Waals surface area contributed by atoms with Crippen LogP contribution in [-0.2, 0) is 0 Å². The second kappa shape index (κ2) is 4.63. The molecular formula is C12H22N2. The minimum Gasteiger partial charge on any atom is -0.402 e. The van der Waals surface area contributed by atoms with Crippen molar-refractivity contribution < 1.29 is 0 Å². The number of rotatable bonds is 3. The fraction of sp³-hybridized carbons (Fsp3) is 0.750. The van der Waals surface area contributed by atoms with E-state index >= 15 is 0 Å². The van der Waals surface area contributed by atoms with Gasteiger partial charge in [0.25, 0.3) is 0 Å². The normalized spacial score (nSPS) is 20.0. The predicted molar refractivity (Wildman–Crippen MR) is 61.4 cm³/mol. The summed E-state index contributed by atoms with van der Waals surface area (Å²) in [5.74, 6) is 0.860. The van der Waals surface area contributed by atoms with Gasteiger partial charge in [-0.05, 0) is 37.2 Å². The van der Waals surface area contributed by atoms with E-state index in [9.17, 15) is 0 Å². The Labute approximate surface area is 87.1 Å². The first-order chi connectivity index (χ1) is 6.54. The van der Waals surface area contributed by atoms with Crippen molar-refractivity contribution in [1.82, 2.24) is 0 Å². The summed E-state index contributed by atoms with van der Waals surface area (Å²) in [7, 11) is 0. The quantitative estimate of drug-likeness (QED) is 0.666. The number of hydrogen-bond acceptors (Lipinski definition) is 2. The van der Waals surface area contributed by atoms with Gasteiger partial charge in [-0.3, -0.25) is 0 Å². The lowest BCUT2D eigenvalue weighted by Crippen LogP contribution is -2.19. The Morgan fingerprint density at radius 2 is 1.79 bits per heavy atom. The van der Waals surface area contributed by atoms with Crippen LogP contribution in [0.25, 0.3) is 0 Å². The van der Waals surface area contributed by atoms with Crippen molar-refractivity contribution in [2.45, 2.75) is 46.5 Å². The highest BCUT2D eigenvalue weighted by Gasteiger charge is 2.24. The fourth-order valence-electron chi connectivity index (χ4n) is 2.28. The van der Waals surface area contributed by atoms with Gasteiger partial charge < -0.3 is 11.1 Å². The molecule has 0 aliphatic heterocycles. The minimum atomic E-state index is 0.295. The van der Waals surface area contributed by atoms with Crippen LogP contribution in [0.1, 0.15) is 46.5 Å². The second-order valence-corrected chi connectivity index (χ2v) is 4.65. The Balaban J connectivity index is 2.85. The van der Waals surface area contributed by atoms with Crippen LogP contribution in [0.15, 0.2) is 11.3 Å². The predicted octanol–water partition coefficient (Wildman–Crippen LogP) is 3.09. The van der Waals surface area contributed by atoms with Crippen molar-refractivity contribution in [2.24, 2.45) is 17.6 Å². The maximum atomic E-state index is 8.06. The molecule has 0 aromatic heterocycles. The smallest absolute Gasteiger partial charge is 0.0391 e. The van der Waals surface area contributed by atoms with Crippen LogP contribution >= 0.6 is 0 Å². The first kappa shape index (κ1) is 11.3. The molecular weight excluding hydrogens is 172 g/mol. The maximum Gasteiger partial charge on any atom is 0.0391 e. The van der Waals surface area contributed by atoms with Crippen molar-refractivity contribution in [3.63, 3.8) is 0 Å². The summed E-state index contributed by atoms with van der Waals surface area (Å²) in [6, 6.07) is 0. The van der Waals surface area contributed by atoms with Gasteiger partial charge in [-0.15, -0.1) is 0 Å². The van der Waals surface area contributed by atoms with Gasteiger partial charge in [0.05, 0.1) is 0 Å². The van der Waals surface area contributed by atoms with Gasteiger partial charge in [-0.25, -0.2) is 0 Å². The van der Waals surface area contributed by atoms with Crippen molar-refractivity contribution in [2.75, 3.05) is 0 Å². The fourth-order valence-corrected chi connectivity index (χ4v) is 2.28. The number of allylic oxidation sites excluding steroid dienone is 2. The van der Waals surface area contributed by atoms with Crippen LogP contribution in [0.3, 0.4) is 0 Å². The summed E-state index contributed by atoms with van der Waals surface area (Å²) in [5, 5.41) is 8.06. The second-order valence-electron chi connectivity index (χ2n) is 4.65. The molecule has 0 heterocycles. The van der Waals surface area contributed by atoms with Crippen LogP contribution in [0, 0.1) is 17.2 Å². The minimum absolute atomic E-state index is 0.295. The molecule has 14 heavy (non-hydrogen) atoms. The molecule has 80 valence electrons. The monoisotopic (exact) mass is 194 g/mol. The third kappa shape index (κ3) is 2.37. The summed E-state index contributed by atoms with van der Waals surface area (Å²) < 4.78 is 0. The molecule has 0 spiro atoms. The van der Waals surface area contributed by atoms with E-state index in [1.807, 2.05) is 6.92 Å². The van der Waals surface area contributed by atoms with Gasteiger partial charge in [0.15, 0.2) is 0 Å². The largest absolute Gasteiger partial charge is 0.402 e. The highest BCUT2D eigenvalue weighted by molar-refractivity contribution is 6.00. The van der Waals surface area contributed by atoms with Gasteiger partial charge >= 0.3 is 0 Å². The van der Waals surface area contributed by atoms with Crippen LogP contribution in [0.4, 0.5) is 0 Å². The van der Waals surface area contributed by atoms with Crippen molar-refractivity contribution in [3.05, 3.63) is 11.3 Å². The first-order valence-corrected chi connectivity index (χ1v) is 5.59. The van der Waals surface area contributed by atoms with E-state index < -0.39 is 0 Å². The van der Waals surface area contributed by atoms with E-state index in [1.54, 1.807) is 0 Å². The zero-order valence-corrected chi connectivity index (χ0v) is 9.56. The zero-order valence-electron chi connectivity index (χ0n) is 9.56. The van der Waals surface area contributed by atoms with Crippen molar-refractivity contribution in [1.29, 1.82) is 5.41 Å². The van der Waals surface area contributed by atoms with E-state index in [4.69, 9.17) is 11.1 Å². The Bertz CT molecular complexity index is 241. The molecule has 3 N–H and O–H groups in total. The molecule has 0 saturated heterocycles. The molecule has 1 rings (SSSR count). The summed E-state index contributed by atoms with van der Waals surface area (Å²) in [6.45, 7) is 6.07. The van der Waals surface area contributed by atoms with Gasteiger partial charge in [0.2, 0.25) is 0 Å². The van der Waals surface area contributed by atoms with Gasteiger partial charge in [0.1, 0.15) is 0 Å². The molecule has 0 bridgehead atoms. The summed E-state index contributed by atoms with van der Waals surface area (Å²) in [6.07, 6.45) is 5.04. The topological polar surface area (TPSA) is 49.9 Å². The SMILES string of the molecule is CC(N)=C(C(=N)C(C)C)C1CCCC1. The van der Waals surface area contributed by atoms with Gasteiger partial charge in [-0.1, -0.05) is 26.7 Å². The number of hydrogen-bond donors (Lipinski definition) is 2. The van der Waals surface area contributed by atoms with E-state index in [2.05, 4.69) is 13.8 Å². The highest BCUT2D eigenvalue weighted by Crippen LogP contribution is 2.33. The summed E-state index contributed by atoms with van der Waals surface area (Å²) in [4.78, 5) is 0. The van der Waals surface area contributed by atoms with E-state index in [1.165, 1.54) is 25.7 Å². The molecule has 1 aliphatic carbocycles. The van der Waals surface area contributed by atoms with E-state index in [0.29, 0.717) is 11.8 Å². The van der Waals surface area contributed by atoms with Crippen LogP contribution in [0.5, 0.6) is 0 Å². The molecule has 0 unspecified atom stereocenters. The Kier molecular flexibility index (Phi) is 3.73. The van der Waals surface area contributed by atoms with Crippen LogP contribution in [0.2, 0.25) is 0 Å². The van der Waals surface area contributed by atoms with E-state index in [-0.39, 0.29) is 0 Å². The lowest BCUT2D eigenvalue weighted by molar-refractivity contribution is 0.647. The van der Waals surface area contributed by atoms with Gasteiger partial charge in [-0.2, -0.15) is 0 Å². The summed E-state index contributed by atoms with van der Waals surface area (Å²) >= 11 is 0. The molecule has 0 atom stereocenters. The Hall–Kier alpha value is -0.790. The third-order valence-electron chi connectivity index (χ3n) is 3.06. The van der Waals surface area contributed by atoms with Crippen molar-refractivity contribution in [3.8, 4) is 0 Å². The molecule has 0 radical (unpaired) electrons. The Morgan fingerprint density at radius 1 is 1.29 bits per heavy atom. The molecule has 1 aliphatic rings. The average molecular weight is 194 g/mol. The molecule has 1 fully saturated rings. The van der Waals surface area contributed by atoms with Crippen LogP contribution < -0.4 is 5.73 Å². The summed E-state index contributed by atoms with van der Waals surface area (Å²) in [5.41, 5.74) is 8.63. The first-order valence-electron chi connectivity index (χ1n) is 5.59. The number of nitrogens with two attached hydrogens (primary N) is 1. The third-order valence-corrected chi connectivity index (χ3v) is 3.06. The van der Waals surface area contributed by atoms with Crippen molar-refractivity contribution >= 4 is 5.71 Å². The maximum absolute atomic E-state index is 8.06. The lowest BCUT2D eigenvalue weighted by Gasteiger charge is -2.19. The molecule has 0 aromatic rings. The van der Waals surface area contributed by atoms with E-state index in [0.717, 1.165) is 17.0 Å².